The monoisotopic (exact) mass is 1080 g/mol. The van der Waals surface area contributed by atoms with Crippen molar-refractivity contribution in [3.05, 3.63) is 182 Å². The van der Waals surface area contributed by atoms with Crippen molar-refractivity contribution in [1.29, 1.82) is 0 Å². The molecular weight excluding hydrogens is 1060 g/mol. The van der Waals surface area contributed by atoms with Crippen LogP contribution < -0.4 is 0 Å². The number of oxazole rings is 4. The van der Waals surface area contributed by atoms with E-state index in [1.165, 1.54) is 0 Å². The minimum Gasteiger partial charge on any atom is -0.489 e. The molecular formula is C46H26Ir2N4O4-4. The summed E-state index contributed by atoms with van der Waals surface area (Å²) in [6.07, 6.45) is 0. The van der Waals surface area contributed by atoms with Gasteiger partial charge < -0.3 is 17.7 Å². The molecule has 0 atom stereocenters. The van der Waals surface area contributed by atoms with Crippen LogP contribution in [0.1, 0.15) is 0 Å². The number of nitrogens with zero attached hydrogens (tertiary/aromatic N) is 4. The fraction of sp³-hybridized carbons (Fsp3) is 0. The van der Waals surface area contributed by atoms with E-state index in [1.807, 2.05) is 146 Å². The molecule has 0 spiro atoms. The van der Waals surface area contributed by atoms with Crippen molar-refractivity contribution >= 4 is 44.4 Å². The summed E-state index contributed by atoms with van der Waals surface area (Å²) in [6.45, 7) is 0. The zero-order valence-electron chi connectivity index (χ0n) is 29.1. The summed E-state index contributed by atoms with van der Waals surface area (Å²) in [7, 11) is 0. The van der Waals surface area contributed by atoms with E-state index in [1.54, 1.807) is 12.1 Å². The molecule has 0 unspecified atom stereocenters. The molecule has 0 bridgehead atoms. The fourth-order valence-electron chi connectivity index (χ4n) is 5.63. The van der Waals surface area contributed by atoms with Crippen LogP contribution >= 0.6 is 0 Å². The van der Waals surface area contributed by atoms with Crippen LogP contribution in [-0.4, -0.2) is 19.9 Å². The predicted molar refractivity (Wildman–Crippen MR) is 207 cm³/mol. The number of fused-ring (bicyclic) bond motifs is 4. The van der Waals surface area contributed by atoms with E-state index in [-0.39, 0.29) is 40.2 Å². The Kier molecular flexibility index (Phi) is 11.8. The Morgan fingerprint density at radius 1 is 0.304 bits per heavy atom. The van der Waals surface area contributed by atoms with Gasteiger partial charge in [0.05, 0.1) is 33.8 Å². The van der Waals surface area contributed by atoms with Gasteiger partial charge in [0, 0.05) is 40.2 Å². The molecule has 0 aliphatic rings. The first kappa shape index (κ1) is 38.0. The molecule has 0 saturated carbocycles. The molecule has 0 aliphatic carbocycles. The van der Waals surface area contributed by atoms with Crippen molar-refractivity contribution in [2.45, 2.75) is 0 Å². The summed E-state index contributed by atoms with van der Waals surface area (Å²) in [5.41, 5.74) is 9.78. The first-order chi connectivity index (χ1) is 26.7. The van der Waals surface area contributed by atoms with E-state index in [2.05, 4.69) is 44.2 Å². The van der Waals surface area contributed by atoms with Crippen molar-refractivity contribution in [3.63, 3.8) is 0 Å². The summed E-state index contributed by atoms with van der Waals surface area (Å²) < 4.78 is 22.7. The quantitative estimate of drug-likeness (QED) is 0.161. The van der Waals surface area contributed by atoms with Gasteiger partial charge in [-0.2, -0.15) is 11.1 Å². The second kappa shape index (κ2) is 17.5. The standard InChI is InChI=1S/C20H10N2O2.2C13H8NO.2Ir/c1-3-7-17-15(5-1)21-19(23-17)13-9-11-14(12-10-13)20-22-16-6-2-4-8-18(16)24-20;2*1-2-6-10(7-3-1)13-14-11-8-4-5-9-12(11)15-13;;/h1-9,12H;2*1-6,8-9H;;/q-2;2*-1;;. The number of para-hydroxylation sites is 8. The Morgan fingerprint density at radius 3 is 0.857 bits per heavy atom. The van der Waals surface area contributed by atoms with Gasteiger partial charge in [0.2, 0.25) is 0 Å². The maximum absolute atomic E-state index is 5.75. The molecule has 7 aromatic carbocycles. The molecule has 276 valence electrons. The Hall–Kier alpha value is -6.28. The van der Waals surface area contributed by atoms with Crippen molar-refractivity contribution < 1.29 is 57.9 Å². The molecule has 0 N–H and O–H groups in total. The molecule has 8 nitrogen and oxygen atoms in total. The van der Waals surface area contributed by atoms with Crippen molar-refractivity contribution in [1.82, 2.24) is 19.9 Å². The minimum absolute atomic E-state index is 0. The molecule has 56 heavy (non-hydrogen) atoms. The molecule has 11 aromatic rings. The first-order valence-corrected chi connectivity index (χ1v) is 17.0. The summed E-state index contributed by atoms with van der Waals surface area (Å²) in [6, 6.07) is 62.2. The molecule has 4 heterocycles. The van der Waals surface area contributed by atoms with Gasteiger partial charge in [0.1, 0.15) is 34.1 Å². The van der Waals surface area contributed by atoms with Crippen molar-refractivity contribution in [3.8, 4) is 45.8 Å². The Labute approximate surface area is 348 Å². The largest absolute Gasteiger partial charge is 0.489 e. The van der Waals surface area contributed by atoms with Gasteiger partial charge >= 0.3 is 0 Å². The van der Waals surface area contributed by atoms with E-state index in [4.69, 9.17) is 17.7 Å². The Balaban J connectivity index is 0.000000132. The van der Waals surface area contributed by atoms with Crippen LogP contribution in [0.15, 0.2) is 175 Å². The molecule has 10 heteroatoms. The topological polar surface area (TPSA) is 104 Å². The molecule has 0 fully saturated rings. The predicted octanol–water partition coefficient (Wildman–Crippen LogP) is 11.5. The second-order valence-corrected chi connectivity index (χ2v) is 11.9. The fourth-order valence-corrected chi connectivity index (χ4v) is 5.63. The average molecular weight is 1080 g/mol. The zero-order valence-corrected chi connectivity index (χ0v) is 33.9. The van der Waals surface area contributed by atoms with Gasteiger partial charge in [-0.05, 0) is 48.5 Å². The smallest absolute Gasteiger partial charge is 0.141 e. The number of aromatic nitrogens is 4. The number of rotatable bonds is 4. The first-order valence-electron chi connectivity index (χ1n) is 17.0. The van der Waals surface area contributed by atoms with E-state index < -0.39 is 0 Å². The SMILES string of the molecule is [Ir].[Ir].[c-]1cc(-c2nc3ccccc3o2)[c-]cc1-c1nc2ccccc2o1.[c-]1ccccc1-c1nc2ccccc2o1.[c-]1ccccc1-c1nc2ccccc2o1. The second-order valence-electron chi connectivity index (χ2n) is 11.9. The van der Waals surface area contributed by atoms with Crippen LogP contribution in [0.5, 0.6) is 0 Å². The third-order valence-corrected chi connectivity index (χ3v) is 8.26. The molecule has 4 aromatic heterocycles. The third-order valence-electron chi connectivity index (χ3n) is 8.26. The molecule has 0 aliphatic heterocycles. The van der Waals surface area contributed by atoms with E-state index in [0.717, 1.165) is 66.7 Å². The number of hydrogen-bond acceptors (Lipinski definition) is 8. The molecule has 2 radical (unpaired) electrons. The van der Waals surface area contributed by atoms with Gasteiger partial charge in [0.15, 0.2) is 0 Å². The normalized spacial score (nSPS) is 10.6. The summed E-state index contributed by atoms with van der Waals surface area (Å²) >= 11 is 0. The van der Waals surface area contributed by atoms with Crippen LogP contribution in [-0.2, 0) is 40.2 Å². The maximum Gasteiger partial charge on any atom is 0.141 e. The zero-order chi connectivity index (χ0) is 36.1. The van der Waals surface area contributed by atoms with Gasteiger partial charge in [-0.3, -0.25) is 19.9 Å². The molecule has 0 amide bonds. The van der Waals surface area contributed by atoms with Crippen LogP contribution in [0.25, 0.3) is 90.2 Å². The Morgan fingerprint density at radius 2 is 0.589 bits per heavy atom. The van der Waals surface area contributed by atoms with Crippen LogP contribution in [0.4, 0.5) is 0 Å². The van der Waals surface area contributed by atoms with Gasteiger partial charge in [0.25, 0.3) is 0 Å². The summed E-state index contributed by atoms with van der Waals surface area (Å²) in [4.78, 5) is 17.7. The maximum atomic E-state index is 5.75. The van der Waals surface area contributed by atoms with Gasteiger partial charge in [-0.15, -0.1) is 60.7 Å². The third kappa shape index (κ3) is 8.34. The number of hydrogen-bond donors (Lipinski definition) is 0. The Bertz CT molecular complexity index is 2620. The van der Waals surface area contributed by atoms with Crippen molar-refractivity contribution in [2.75, 3.05) is 0 Å². The van der Waals surface area contributed by atoms with Gasteiger partial charge in [-0.1, -0.05) is 59.7 Å². The summed E-state index contributed by atoms with van der Waals surface area (Å²) in [5, 5.41) is 0. The molecule has 11 rings (SSSR count). The van der Waals surface area contributed by atoms with Gasteiger partial charge in [-0.25, -0.2) is 24.3 Å². The van der Waals surface area contributed by atoms with E-state index in [0.29, 0.717) is 23.6 Å². The van der Waals surface area contributed by atoms with Crippen LogP contribution in [0.2, 0.25) is 0 Å². The minimum atomic E-state index is 0. The van der Waals surface area contributed by atoms with Crippen molar-refractivity contribution in [2.24, 2.45) is 0 Å². The van der Waals surface area contributed by atoms with E-state index in [9.17, 15) is 0 Å². The average Bonchev–Trinajstić information content (AvgIpc) is 4.06. The number of benzene rings is 7. The van der Waals surface area contributed by atoms with E-state index >= 15 is 0 Å². The summed E-state index contributed by atoms with van der Waals surface area (Å²) in [5.74, 6) is 2.29. The van der Waals surface area contributed by atoms with Crippen LogP contribution in [0, 0.1) is 24.3 Å². The van der Waals surface area contributed by atoms with Crippen LogP contribution in [0.3, 0.4) is 0 Å². The molecule has 0 saturated heterocycles.